The predicted molar refractivity (Wildman–Crippen MR) is 58.0 cm³/mol. The van der Waals surface area contributed by atoms with E-state index in [1.54, 1.807) is 6.07 Å². The van der Waals surface area contributed by atoms with E-state index in [0.29, 0.717) is 16.5 Å². The van der Waals surface area contributed by atoms with Crippen molar-refractivity contribution in [3.63, 3.8) is 0 Å². The molecule has 0 aliphatic carbocycles. The summed E-state index contributed by atoms with van der Waals surface area (Å²) in [5, 5.41) is 0. The first-order valence-corrected chi connectivity index (χ1v) is 5.43. The molecule has 16 heavy (non-hydrogen) atoms. The lowest BCUT2D eigenvalue weighted by molar-refractivity contribution is -0.274. The van der Waals surface area contributed by atoms with Crippen LogP contribution in [-0.2, 0) is 0 Å². The van der Waals surface area contributed by atoms with Crippen LogP contribution in [0, 0.1) is 0 Å². The van der Waals surface area contributed by atoms with Crippen molar-refractivity contribution in [1.82, 2.24) is 0 Å². The molecule has 0 amide bonds. The number of nitrogens with two attached hydrogens (primary N) is 1. The standard InChI is InChI=1S/C10H11BrF3NO/c1-2-9(15)6-3-7(11)5-8(4-6)16-10(12,13)14/h3-5,9H,2,15H2,1H3/t9-/m0/s1. The van der Waals surface area contributed by atoms with E-state index in [2.05, 4.69) is 20.7 Å². The highest BCUT2D eigenvalue weighted by atomic mass is 79.9. The highest BCUT2D eigenvalue weighted by molar-refractivity contribution is 9.10. The number of hydrogen-bond donors (Lipinski definition) is 1. The highest BCUT2D eigenvalue weighted by Gasteiger charge is 2.31. The Morgan fingerprint density at radius 1 is 1.38 bits per heavy atom. The van der Waals surface area contributed by atoms with Gasteiger partial charge >= 0.3 is 6.36 Å². The normalized spacial score (nSPS) is 13.6. The molecule has 1 aromatic rings. The van der Waals surface area contributed by atoms with E-state index in [0.717, 1.165) is 0 Å². The van der Waals surface area contributed by atoms with Gasteiger partial charge < -0.3 is 10.5 Å². The molecule has 6 heteroatoms. The van der Waals surface area contributed by atoms with E-state index >= 15 is 0 Å². The fourth-order valence-electron chi connectivity index (χ4n) is 1.23. The van der Waals surface area contributed by atoms with Gasteiger partial charge in [-0.3, -0.25) is 0 Å². The number of benzene rings is 1. The molecule has 0 saturated heterocycles. The zero-order valence-electron chi connectivity index (χ0n) is 8.51. The number of rotatable bonds is 3. The van der Waals surface area contributed by atoms with E-state index in [9.17, 15) is 13.2 Å². The van der Waals surface area contributed by atoms with Crippen molar-refractivity contribution in [1.29, 1.82) is 0 Å². The van der Waals surface area contributed by atoms with Gasteiger partial charge in [0.2, 0.25) is 0 Å². The van der Waals surface area contributed by atoms with Gasteiger partial charge in [0.1, 0.15) is 5.75 Å². The Bertz CT molecular complexity index is 368. The van der Waals surface area contributed by atoms with Gasteiger partial charge in [0, 0.05) is 10.5 Å². The summed E-state index contributed by atoms with van der Waals surface area (Å²) in [5.41, 5.74) is 6.35. The van der Waals surface area contributed by atoms with Gasteiger partial charge in [0.25, 0.3) is 0 Å². The molecular formula is C10H11BrF3NO. The number of halogens is 4. The minimum atomic E-state index is -4.69. The Hall–Kier alpha value is -0.750. The topological polar surface area (TPSA) is 35.2 Å². The van der Waals surface area contributed by atoms with Crippen molar-refractivity contribution in [2.24, 2.45) is 5.73 Å². The van der Waals surface area contributed by atoms with E-state index in [-0.39, 0.29) is 11.8 Å². The van der Waals surface area contributed by atoms with Crippen LogP contribution in [0.2, 0.25) is 0 Å². The molecular weight excluding hydrogens is 287 g/mol. The quantitative estimate of drug-likeness (QED) is 0.922. The van der Waals surface area contributed by atoms with Crippen LogP contribution in [-0.4, -0.2) is 6.36 Å². The molecule has 0 radical (unpaired) electrons. The molecule has 1 atom stereocenters. The van der Waals surface area contributed by atoms with E-state index in [1.807, 2.05) is 6.92 Å². The molecule has 0 heterocycles. The van der Waals surface area contributed by atoms with Gasteiger partial charge in [-0.15, -0.1) is 13.2 Å². The Balaban J connectivity index is 2.99. The molecule has 0 saturated carbocycles. The Morgan fingerprint density at radius 2 is 2.00 bits per heavy atom. The SMILES string of the molecule is CC[C@H](N)c1cc(Br)cc(OC(F)(F)F)c1. The Labute approximate surface area is 99.7 Å². The first-order chi connectivity index (χ1) is 7.31. The molecule has 0 unspecified atom stereocenters. The first kappa shape index (κ1) is 13.3. The molecule has 0 aliphatic rings. The number of alkyl halides is 3. The summed E-state index contributed by atoms with van der Waals surface area (Å²) >= 11 is 3.12. The number of ether oxygens (including phenoxy) is 1. The summed E-state index contributed by atoms with van der Waals surface area (Å²) in [6.45, 7) is 1.86. The van der Waals surface area contributed by atoms with Crippen molar-refractivity contribution in [2.45, 2.75) is 25.7 Å². The molecule has 0 aromatic heterocycles. The summed E-state index contributed by atoms with van der Waals surface area (Å²) in [6.07, 6.45) is -4.05. The molecule has 2 N–H and O–H groups in total. The maximum absolute atomic E-state index is 12.0. The van der Waals surface area contributed by atoms with Crippen LogP contribution in [0.3, 0.4) is 0 Å². The molecule has 1 rings (SSSR count). The van der Waals surface area contributed by atoms with Gasteiger partial charge in [-0.1, -0.05) is 22.9 Å². The van der Waals surface area contributed by atoms with Crippen LogP contribution in [0.25, 0.3) is 0 Å². The van der Waals surface area contributed by atoms with Gasteiger partial charge in [-0.25, -0.2) is 0 Å². The fourth-order valence-corrected chi connectivity index (χ4v) is 1.72. The lowest BCUT2D eigenvalue weighted by atomic mass is 10.1. The summed E-state index contributed by atoms with van der Waals surface area (Å²) in [4.78, 5) is 0. The lowest BCUT2D eigenvalue weighted by Crippen LogP contribution is -2.17. The van der Waals surface area contributed by atoms with Crippen LogP contribution in [0.15, 0.2) is 22.7 Å². The average molecular weight is 298 g/mol. The van der Waals surface area contributed by atoms with Crippen molar-refractivity contribution >= 4 is 15.9 Å². The summed E-state index contributed by atoms with van der Waals surface area (Å²) in [7, 11) is 0. The van der Waals surface area contributed by atoms with Crippen LogP contribution in [0.5, 0.6) is 5.75 Å². The second kappa shape index (κ2) is 5.05. The largest absolute Gasteiger partial charge is 0.573 e. The Kier molecular flexibility index (Phi) is 4.21. The predicted octanol–water partition coefficient (Wildman–Crippen LogP) is 3.76. The second-order valence-corrected chi connectivity index (χ2v) is 4.20. The third-order valence-corrected chi connectivity index (χ3v) is 2.45. The van der Waals surface area contributed by atoms with Crippen LogP contribution in [0.4, 0.5) is 13.2 Å². The van der Waals surface area contributed by atoms with Gasteiger partial charge in [0.15, 0.2) is 0 Å². The average Bonchev–Trinajstić information content (AvgIpc) is 2.12. The maximum Gasteiger partial charge on any atom is 0.573 e. The Morgan fingerprint density at radius 3 is 2.50 bits per heavy atom. The zero-order chi connectivity index (χ0) is 12.3. The van der Waals surface area contributed by atoms with Crippen molar-refractivity contribution < 1.29 is 17.9 Å². The fraction of sp³-hybridized carbons (Fsp3) is 0.400. The molecule has 2 nitrogen and oxygen atoms in total. The van der Waals surface area contributed by atoms with Gasteiger partial charge in [0.05, 0.1) is 0 Å². The first-order valence-electron chi connectivity index (χ1n) is 4.63. The molecule has 0 bridgehead atoms. The van der Waals surface area contributed by atoms with E-state index < -0.39 is 6.36 Å². The molecule has 0 aliphatic heterocycles. The summed E-state index contributed by atoms with van der Waals surface area (Å²) in [5.74, 6) is -0.263. The van der Waals surface area contributed by atoms with Gasteiger partial charge in [-0.2, -0.15) is 0 Å². The maximum atomic E-state index is 12.0. The van der Waals surface area contributed by atoms with E-state index in [1.165, 1.54) is 12.1 Å². The van der Waals surface area contributed by atoms with E-state index in [4.69, 9.17) is 5.73 Å². The lowest BCUT2D eigenvalue weighted by Gasteiger charge is -2.14. The molecule has 0 fully saturated rings. The van der Waals surface area contributed by atoms with Crippen LogP contribution < -0.4 is 10.5 Å². The van der Waals surface area contributed by atoms with Gasteiger partial charge in [-0.05, 0) is 30.2 Å². The zero-order valence-corrected chi connectivity index (χ0v) is 10.1. The molecule has 1 aromatic carbocycles. The third-order valence-electron chi connectivity index (χ3n) is 2.00. The minimum absolute atomic E-state index is 0.263. The third kappa shape index (κ3) is 4.02. The highest BCUT2D eigenvalue weighted by Crippen LogP contribution is 2.29. The number of hydrogen-bond acceptors (Lipinski definition) is 2. The second-order valence-electron chi connectivity index (χ2n) is 3.28. The monoisotopic (exact) mass is 297 g/mol. The summed E-state index contributed by atoms with van der Waals surface area (Å²) < 4.78 is 40.4. The van der Waals surface area contributed by atoms with Crippen LogP contribution in [0.1, 0.15) is 24.9 Å². The van der Waals surface area contributed by atoms with Crippen molar-refractivity contribution in [2.75, 3.05) is 0 Å². The molecule has 90 valence electrons. The smallest absolute Gasteiger partial charge is 0.406 e. The minimum Gasteiger partial charge on any atom is -0.406 e. The summed E-state index contributed by atoms with van der Waals surface area (Å²) in [6, 6.07) is 3.93. The molecule has 0 spiro atoms. The van der Waals surface area contributed by atoms with Crippen LogP contribution >= 0.6 is 15.9 Å². The van der Waals surface area contributed by atoms with Crippen molar-refractivity contribution in [3.05, 3.63) is 28.2 Å². The van der Waals surface area contributed by atoms with Crippen molar-refractivity contribution in [3.8, 4) is 5.75 Å².